The molecular weight excluding hydrogens is 448 g/mol. The van der Waals surface area contributed by atoms with Gasteiger partial charge in [0.05, 0.1) is 18.1 Å². The minimum atomic E-state index is -3.51. The van der Waals surface area contributed by atoms with E-state index in [-0.39, 0.29) is 16.7 Å². The largest absolute Gasteiger partial charge is 0.379 e. The highest BCUT2D eigenvalue weighted by molar-refractivity contribution is 7.89. The van der Waals surface area contributed by atoms with Gasteiger partial charge in [0.2, 0.25) is 15.9 Å². The molecule has 0 spiro atoms. The second-order valence-corrected chi connectivity index (χ2v) is 10.3. The Labute approximate surface area is 201 Å². The Hall–Kier alpha value is -3.00. The number of benzene rings is 3. The second-order valence-electron chi connectivity index (χ2n) is 8.34. The van der Waals surface area contributed by atoms with Gasteiger partial charge in [0, 0.05) is 32.0 Å². The van der Waals surface area contributed by atoms with Gasteiger partial charge in [0.1, 0.15) is 0 Å². The molecule has 0 radical (unpaired) electrons. The Morgan fingerprint density at radius 1 is 0.853 bits per heavy atom. The molecule has 4 rings (SSSR count). The van der Waals surface area contributed by atoms with Gasteiger partial charge in [-0.3, -0.25) is 4.79 Å². The highest BCUT2D eigenvalue weighted by atomic mass is 32.2. The summed E-state index contributed by atoms with van der Waals surface area (Å²) in [5.74, 6) is 0.0536. The van der Waals surface area contributed by atoms with E-state index in [0.29, 0.717) is 45.7 Å². The number of amides is 1. The van der Waals surface area contributed by atoms with Gasteiger partial charge < -0.3 is 10.1 Å². The Bertz CT molecular complexity index is 1120. The van der Waals surface area contributed by atoms with Crippen LogP contribution in [0.15, 0.2) is 89.8 Å². The fourth-order valence-electron chi connectivity index (χ4n) is 4.13. The minimum Gasteiger partial charge on any atom is -0.379 e. The quantitative estimate of drug-likeness (QED) is 0.510. The van der Waals surface area contributed by atoms with Crippen LogP contribution in [-0.2, 0) is 26.0 Å². The molecule has 1 aliphatic rings. The Morgan fingerprint density at radius 2 is 1.41 bits per heavy atom. The van der Waals surface area contributed by atoms with Crippen LogP contribution in [0.1, 0.15) is 29.0 Å². The van der Waals surface area contributed by atoms with Gasteiger partial charge in [-0.05, 0) is 35.2 Å². The van der Waals surface area contributed by atoms with Gasteiger partial charge >= 0.3 is 0 Å². The van der Waals surface area contributed by atoms with E-state index < -0.39 is 10.0 Å². The van der Waals surface area contributed by atoms with Crippen molar-refractivity contribution >= 4 is 15.9 Å². The van der Waals surface area contributed by atoms with Crippen LogP contribution in [0, 0.1) is 0 Å². The molecule has 1 aliphatic heterocycles. The fourth-order valence-corrected chi connectivity index (χ4v) is 5.53. The van der Waals surface area contributed by atoms with Gasteiger partial charge in [-0.1, -0.05) is 72.8 Å². The Balaban J connectivity index is 1.32. The lowest BCUT2D eigenvalue weighted by atomic mass is 9.91. The maximum atomic E-state index is 12.8. The number of aryl methyl sites for hydroxylation is 1. The third-order valence-electron chi connectivity index (χ3n) is 6.08. The number of carbonyl (C=O) groups is 1. The van der Waals surface area contributed by atoms with Crippen LogP contribution in [0.5, 0.6) is 0 Å². The van der Waals surface area contributed by atoms with Gasteiger partial charge in [-0.15, -0.1) is 0 Å². The van der Waals surface area contributed by atoms with Crippen LogP contribution in [-0.4, -0.2) is 51.5 Å². The summed E-state index contributed by atoms with van der Waals surface area (Å²) in [4.78, 5) is 12.9. The third kappa shape index (κ3) is 6.11. The Morgan fingerprint density at radius 3 is 1.97 bits per heavy atom. The van der Waals surface area contributed by atoms with Crippen molar-refractivity contribution in [1.82, 2.24) is 9.62 Å². The van der Waals surface area contributed by atoms with Crippen molar-refractivity contribution in [2.45, 2.75) is 23.7 Å². The first-order valence-electron chi connectivity index (χ1n) is 11.6. The highest BCUT2D eigenvalue weighted by Gasteiger charge is 2.26. The lowest BCUT2D eigenvalue weighted by Crippen LogP contribution is -2.40. The zero-order valence-corrected chi connectivity index (χ0v) is 19.9. The van der Waals surface area contributed by atoms with Gasteiger partial charge in [-0.25, -0.2) is 8.42 Å². The molecule has 0 bridgehead atoms. The number of morpholine rings is 1. The van der Waals surface area contributed by atoms with E-state index in [1.165, 1.54) is 4.31 Å². The molecule has 0 aliphatic carbocycles. The maximum Gasteiger partial charge on any atom is 0.243 e. The summed E-state index contributed by atoms with van der Waals surface area (Å²) in [6.07, 6.45) is 0.886. The molecule has 0 aromatic heterocycles. The lowest BCUT2D eigenvalue weighted by molar-refractivity contribution is -0.121. The number of hydrogen-bond acceptors (Lipinski definition) is 4. The molecule has 3 aromatic carbocycles. The molecule has 3 aromatic rings. The van der Waals surface area contributed by atoms with E-state index in [1.807, 2.05) is 36.4 Å². The van der Waals surface area contributed by atoms with E-state index in [2.05, 4.69) is 29.6 Å². The number of nitrogens with zero attached hydrogens (tertiary/aromatic N) is 1. The van der Waals surface area contributed by atoms with Gasteiger partial charge in [0.15, 0.2) is 0 Å². The van der Waals surface area contributed by atoms with Crippen molar-refractivity contribution in [3.05, 3.63) is 102 Å². The first kappa shape index (κ1) is 24.1. The van der Waals surface area contributed by atoms with Crippen molar-refractivity contribution in [3.63, 3.8) is 0 Å². The van der Waals surface area contributed by atoms with E-state index >= 15 is 0 Å². The Kier molecular flexibility index (Phi) is 8.11. The molecule has 1 N–H and O–H groups in total. The van der Waals surface area contributed by atoms with Crippen LogP contribution >= 0.6 is 0 Å². The van der Waals surface area contributed by atoms with Crippen molar-refractivity contribution in [2.24, 2.45) is 0 Å². The molecule has 34 heavy (non-hydrogen) atoms. The molecule has 1 saturated heterocycles. The van der Waals surface area contributed by atoms with E-state index in [4.69, 9.17) is 4.74 Å². The number of rotatable bonds is 9. The van der Waals surface area contributed by atoms with Crippen molar-refractivity contribution in [1.29, 1.82) is 0 Å². The van der Waals surface area contributed by atoms with Crippen molar-refractivity contribution < 1.29 is 17.9 Å². The fraction of sp³-hybridized carbons (Fsp3) is 0.296. The third-order valence-corrected chi connectivity index (χ3v) is 7.99. The SMILES string of the molecule is O=C(CCc1ccc(S(=O)(=O)N2CCOCC2)cc1)NCC(c1ccccc1)c1ccccc1. The summed E-state index contributed by atoms with van der Waals surface area (Å²) in [5.41, 5.74) is 3.25. The average Bonchev–Trinajstić information content (AvgIpc) is 2.89. The van der Waals surface area contributed by atoms with E-state index in [0.717, 1.165) is 16.7 Å². The van der Waals surface area contributed by atoms with Crippen molar-refractivity contribution in [2.75, 3.05) is 32.8 Å². The van der Waals surface area contributed by atoms with E-state index in [1.54, 1.807) is 24.3 Å². The summed E-state index contributed by atoms with van der Waals surface area (Å²) in [5, 5.41) is 3.08. The van der Waals surface area contributed by atoms with Crippen LogP contribution in [0.25, 0.3) is 0 Å². The minimum absolute atomic E-state index is 0.0260. The number of carbonyl (C=O) groups excluding carboxylic acids is 1. The highest BCUT2D eigenvalue weighted by Crippen LogP contribution is 2.24. The molecule has 7 heteroatoms. The molecule has 1 amide bonds. The van der Waals surface area contributed by atoms with E-state index in [9.17, 15) is 13.2 Å². The maximum absolute atomic E-state index is 12.8. The summed E-state index contributed by atoms with van der Waals surface area (Å²) in [7, 11) is -3.51. The topological polar surface area (TPSA) is 75.7 Å². The molecular formula is C27H30N2O4S. The molecule has 0 unspecified atom stereocenters. The van der Waals surface area contributed by atoms with Crippen LogP contribution in [0.2, 0.25) is 0 Å². The van der Waals surface area contributed by atoms with Crippen LogP contribution in [0.4, 0.5) is 0 Å². The predicted octanol–water partition coefficient (Wildman–Crippen LogP) is 3.59. The first-order valence-corrected chi connectivity index (χ1v) is 13.0. The standard InChI is InChI=1S/C27H30N2O4S/c30-27(28-21-26(23-7-3-1-4-8-23)24-9-5-2-6-10-24)16-13-22-11-14-25(15-12-22)34(31,32)29-17-19-33-20-18-29/h1-12,14-15,26H,13,16-21H2,(H,28,30). The molecule has 1 fully saturated rings. The molecule has 6 nitrogen and oxygen atoms in total. The second kappa shape index (κ2) is 11.4. The average molecular weight is 479 g/mol. The van der Waals surface area contributed by atoms with Crippen LogP contribution < -0.4 is 5.32 Å². The van der Waals surface area contributed by atoms with Crippen LogP contribution in [0.3, 0.4) is 0 Å². The summed E-state index contributed by atoms with van der Waals surface area (Å²) in [6.45, 7) is 2.10. The summed E-state index contributed by atoms with van der Waals surface area (Å²) >= 11 is 0. The predicted molar refractivity (Wildman–Crippen MR) is 132 cm³/mol. The van der Waals surface area contributed by atoms with Gasteiger partial charge in [0.25, 0.3) is 0 Å². The normalized spacial score (nSPS) is 14.7. The number of nitrogens with one attached hydrogen (secondary N) is 1. The zero-order chi connectivity index (χ0) is 23.8. The monoisotopic (exact) mass is 478 g/mol. The lowest BCUT2D eigenvalue weighted by Gasteiger charge is -2.26. The zero-order valence-electron chi connectivity index (χ0n) is 19.1. The molecule has 0 saturated carbocycles. The summed E-state index contributed by atoms with van der Waals surface area (Å²) in [6, 6.07) is 27.2. The molecule has 178 valence electrons. The first-order chi connectivity index (χ1) is 16.5. The number of ether oxygens (including phenoxy) is 1. The molecule has 0 atom stereocenters. The van der Waals surface area contributed by atoms with Gasteiger partial charge in [-0.2, -0.15) is 4.31 Å². The smallest absolute Gasteiger partial charge is 0.243 e. The number of hydrogen-bond donors (Lipinski definition) is 1. The van der Waals surface area contributed by atoms with Crippen molar-refractivity contribution in [3.8, 4) is 0 Å². The summed E-state index contributed by atoms with van der Waals surface area (Å²) < 4.78 is 32.2. The molecule has 1 heterocycles. The number of sulfonamides is 1.